The van der Waals surface area contributed by atoms with Gasteiger partial charge >= 0.3 is 29.6 Å². The molecule has 9 N–H and O–H groups in total. The zero-order chi connectivity index (χ0) is 10.9. The van der Waals surface area contributed by atoms with E-state index in [-0.39, 0.29) is 40.5 Å². The van der Waals surface area contributed by atoms with Gasteiger partial charge in [0.1, 0.15) is 24.4 Å². The molecule has 1 aliphatic heterocycles. The van der Waals surface area contributed by atoms with E-state index in [2.05, 4.69) is 4.74 Å². The molecular weight excluding hydrogens is 251 g/mol. The molecule has 0 aromatic carbocycles. The van der Waals surface area contributed by atoms with Crippen LogP contribution in [0, 0.1) is 0 Å². The average molecular weight is 268 g/mol. The van der Waals surface area contributed by atoms with Gasteiger partial charge in [-0.1, -0.05) is 6.61 Å². The summed E-state index contributed by atoms with van der Waals surface area (Å²) in [4.78, 5) is 0. The van der Waals surface area contributed by atoms with Gasteiger partial charge < -0.3 is 46.3 Å². The second kappa shape index (κ2) is 8.69. The fourth-order valence-corrected chi connectivity index (χ4v) is 1.34. The SMILES string of the molecule is O.O.[Na+].[O-]C[C@]1(O)O[C@H](CO)[C@@H](O)[C@H](O)[C@H]1O. The first-order chi connectivity index (χ1) is 6.46. The molecule has 9 nitrogen and oxygen atoms in total. The molecule has 100 valence electrons. The number of aliphatic hydroxyl groups excluding tert-OH is 4. The Bertz CT molecular complexity index is 204. The Morgan fingerprint density at radius 2 is 1.59 bits per heavy atom. The van der Waals surface area contributed by atoms with Crippen molar-refractivity contribution in [3.05, 3.63) is 0 Å². The summed E-state index contributed by atoms with van der Waals surface area (Å²) in [5.41, 5.74) is 0. The molecule has 0 spiro atoms. The molecule has 5 atom stereocenters. The minimum Gasteiger partial charge on any atom is -0.851 e. The summed E-state index contributed by atoms with van der Waals surface area (Å²) >= 11 is 0. The van der Waals surface area contributed by atoms with Gasteiger partial charge in [-0.3, -0.25) is 0 Å². The van der Waals surface area contributed by atoms with Crippen molar-refractivity contribution in [1.82, 2.24) is 0 Å². The number of rotatable bonds is 2. The third-order valence-electron chi connectivity index (χ3n) is 2.26. The monoisotopic (exact) mass is 268 g/mol. The molecule has 10 heteroatoms. The molecule has 0 saturated carbocycles. The fourth-order valence-electron chi connectivity index (χ4n) is 1.34. The van der Waals surface area contributed by atoms with E-state index in [4.69, 9.17) is 5.11 Å². The van der Waals surface area contributed by atoms with Crippen LogP contribution in [0.5, 0.6) is 0 Å². The van der Waals surface area contributed by atoms with Gasteiger partial charge in [-0.05, 0) is 0 Å². The first-order valence-electron chi connectivity index (χ1n) is 4.09. The van der Waals surface area contributed by atoms with Crippen LogP contribution >= 0.6 is 0 Å². The van der Waals surface area contributed by atoms with Crippen molar-refractivity contribution in [2.75, 3.05) is 13.2 Å². The molecule has 1 fully saturated rings. The minimum atomic E-state index is -2.47. The van der Waals surface area contributed by atoms with E-state index in [1.165, 1.54) is 0 Å². The maximum atomic E-state index is 10.5. The Balaban J connectivity index is -0.000000653. The van der Waals surface area contributed by atoms with Crippen LogP contribution in [0.15, 0.2) is 0 Å². The third kappa shape index (κ3) is 4.35. The largest absolute Gasteiger partial charge is 1.00 e. The zero-order valence-corrected chi connectivity index (χ0v) is 11.3. The number of hydrogen-bond acceptors (Lipinski definition) is 7. The molecule has 1 rings (SSSR count). The Labute approximate surface area is 119 Å². The molecule has 0 bridgehead atoms. The molecule has 0 amide bonds. The quantitative estimate of drug-likeness (QED) is 0.306. The van der Waals surface area contributed by atoms with Gasteiger partial charge in [0.05, 0.1) is 6.61 Å². The van der Waals surface area contributed by atoms with Crippen molar-refractivity contribution in [3.8, 4) is 0 Å². The summed E-state index contributed by atoms with van der Waals surface area (Å²) in [5.74, 6) is -2.47. The molecule has 1 aliphatic rings. The molecule has 0 aliphatic carbocycles. The third-order valence-corrected chi connectivity index (χ3v) is 2.26. The zero-order valence-electron chi connectivity index (χ0n) is 9.28. The maximum Gasteiger partial charge on any atom is 1.00 e. The number of aliphatic hydroxyl groups is 5. The smallest absolute Gasteiger partial charge is 0.851 e. The van der Waals surface area contributed by atoms with E-state index < -0.39 is 43.4 Å². The fraction of sp³-hybridized carbons (Fsp3) is 1.00. The molecule has 0 radical (unpaired) electrons. The van der Waals surface area contributed by atoms with Crippen LogP contribution in [0.25, 0.3) is 0 Å². The van der Waals surface area contributed by atoms with Crippen LogP contribution < -0.4 is 34.7 Å². The van der Waals surface area contributed by atoms with Crippen LogP contribution in [-0.4, -0.2) is 79.9 Å². The molecule has 1 heterocycles. The first kappa shape index (κ1) is 22.8. The summed E-state index contributed by atoms with van der Waals surface area (Å²) in [6, 6.07) is 0. The Kier molecular flexibility index (Phi) is 11.7. The van der Waals surface area contributed by atoms with Crippen LogP contribution in [0.4, 0.5) is 0 Å². The number of hydrogen-bond donors (Lipinski definition) is 5. The van der Waals surface area contributed by atoms with Crippen molar-refractivity contribution < 1.29 is 75.9 Å². The average Bonchev–Trinajstić information content (AvgIpc) is 2.20. The first-order valence-corrected chi connectivity index (χ1v) is 4.09. The van der Waals surface area contributed by atoms with Crippen molar-refractivity contribution in [3.63, 3.8) is 0 Å². The molecule has 1 saturated heterocycles. The van der Waals surface area contributed by atoms with Crippen molar-refractivity contribution in [2.45, 2.75) is 30.2 Å². The van der Waals surface area contributed by atoms with Gasteiger partial charge in [-0.15, -0.1) is 0 Å². The summed E-state index contributed by atoms with van der Waals surface area (Å²) in [6.07, 6.45) is -6.44. The van der Waals surface area contributed by atoms with E-state index in [1.54, 1.807) is 0 Å². The molecular formula is C7H17NaO9. The molecule has 0 unspecified atom stereocenters. The Morgan fingerprint density at radius 3 is 1.94 bits per heavy atom. The van der Waals surface area contributed by atoms with Crippen LogP contribution in [0.3, 0.4) is 0 Å². The van der Waals surface area contributed by atoms with Crippen LogP contribution in [0.2, 0.25) is 0 Å². The van der Waals surface area contributed by atoms with Gasteiger partial charge in [0.2, 0.25) is 0 Å². The van der Waals surface area contributed by atoms with Gasteiger partial charge in [-0.25, -0.2) is 0 Å². The minimum absolute atomic E-state index is 0. The topological polar surface area (TPSA) is 196 Å². The van der Waals surface area contributed by atoms with Gasteiger partial charge in [0, 0.05) is 0 Å². The van der Waals surface area contributed by atoms with Gasteiger partial charge in [0.25, 0.3) is 0 Å². The molecule has 0 aromatic rings. The summed E-state index contributed by atoms with van der Waals surface area (Å²) in [7, 11) is 0. The predicted molar refractivity (Wildman–Crippen MR) is 47.0 cm³/mol. The van der Waals surface area contributed by atoms with Crippen molar-refractivity contribution in [1.29, 1.82) is 0 Å². The second-order valence-corrected chi connectivity index (χ2v) is 3.25. The second-order valence-electron chi connectivity index (χ2n) is 3.25. The van der Waals surface area contributed by atoms with E-state index in [0.29, 0.717) is 0 Å². The van der Waals surface area contributed by atoms with Gasteiger partial charge in [0.15, 0.2) is 5.79 Å². The predicted octanol–water partition coefficient (Wildman–Crippen LogP) is -9.14. The normalized spacial score (nSPS) is 40.6. The summed E-state index contributed by atoms with van der Waals surface area (Å²) < 4.78 is 4.60. The summed E-state index contributed by atoms with van der Waals surface area (Å²) in [5, 5.41) is 56.3. The van der Waals surface area contributed by atoms with Gasteiger partial charge in [-0.2, -0.15) is 0 Å². The maximum absolute atomic E-state index is 10.5. The van der Waals surface area contributed by atoms with E-state index in [1.807, 2.05) is 0 Å². The van der Waals surface area contributed by atoms with Crippen LogP contribution in [0.1, 0.15) is 0 Å². The van der Waals surface area contributed by atoms with Crippen LogP contribution in [-0.2, 0) is 4.74 Å². The van der Waals surface area contributed by atoms with E-state index >= 15 is 0 Å². The number of ether oxygens (including phenoxy) is 1. The Hall–Kier alpha value is 0.640. The van der Waals surface area contributed by atoms with Crippen molar-refractivity contribution in [2.24, 2.45) is 0 Å². The Morgan fingerprint density at radius 1 is 1.12 bits per heavy atom. The molecule has 0 aromatic heterocycles. The van der Waals surface area contributed by atoms with E-state index in [0.717, 1.165) is 0 Å². The summed E-state index contributed by atoms with van der Waals surface area (Å²) in [6.45, 7) is -1.87. The standard InChI is InChI=1S/C7H13O7.Na.2H2O/c8-1-3-4(10)5(11)6(12)7(13,2-9)14-3;;;/h3-6,8,10-13H,1-2H2;;2*1H2/q-1;+1;;/t3-,4-,5+,6-,7+;;;/m1.../s1. The molecule has 17 heavy (non-hydrogen) atoms. The van der Waals surface area contributed by atoms with E-state index in [9.17, 15) is 25.5 Å². The van der Waals surface area contributed by atoms with Crippen molar-refractivity contribution >= 4 is 0 Å².